The minimum atomic E-state index is -0.408. The van der Waals surface area contributed by atoms with E-state index in [0.717, 1.165) is 16.3 Å². The normalized spacial score (nSPS) is 10.4. The first-order valence-electron chi connectivity index (χ1n) is 5.48. The molecule has 2 aromatic rings. The fraction of sp³-hybridized carbons (Fsp3) is 0.0714. The smallest absolute Gasteiger partial charge is 0.254 e. The van der Waals surface area contributed by atoms with Gasteiger partial charge in [0.05, 0.1) is 12.3 Å². The van der Waals surface area contributed by atoms with E-state index in [-0.39, 0.29) is 6.42 Å². The Kier molecular flexibility index (Phi) is 3.67. The molecule has 0 atom stereocenters. The highest BCUT2D eigenvalue weighted by Crippen LogP contribution is 2.16. The summed E-state index contributed by atoms with van der Waals surface area (Å²) in [5.41, 5.74) is 3.23. The lowest BCUT2D eigenvalue weighted by atomic mass is 10.1. The number of nitriles is 1. The molecule has 0 unspecified atom stereocenters. The van der Waals surface area contributed by atoms with Crippen LogP contribution in [0.25, 0.3) is 10.8 Å². The molecule has 0 radical (unpaired) electrons. The van der Waals surface area contributed by atoms with E-state index in [1.165, 1.54) is 0 Å². The molecule has 0 fully saturated rings. The van der Waals surface area contributed by atoms with E-state index in [2.05, 4.69) is 10.5 Å². The van der Waals surface area contributed by atoms with Gasteiger partial charge in [-0.2, -0.15) is 10.4 Å². The number of carbonyl (C=O) groups excluding carboxylic acids is 1. The standard InChI is InChI=1S/C14H11N3O/c15-9-8-14(18)17-16-10-12-6-3-5-11-4-1-2-7-13(11)12/h1-7,10H,8H2,(H,17,18)/b16-10-. The third kappa shape index (κ3) is 2.71. The molecular formula is C14H11N3O. The number of amides is 1. The van der Waals surface area contributed by atoms with Gasteiger partial charge in [-0.05, 0) is 10.8 Å². The van der Waals surface area contributed by atoms with Crippen molar-refractivity contribution in [3.05, 3.63) is 48.0 Å². The molecular weight excluding hydrogens is 226 g/mol. The average Bonchev–Trinajstić information content (AvgIpc) is 2.39. The van der Waals surface area contributed by atoms with Crippen LogP contribution in [0, 0.1) is 11.3 Å². The molecule has 2 aromatic carbocycles. The molecule has 0 heterocycles. The molecule has 0 aromatic heterocycles. The maximum Gasteiger partial charge on any atom is 0.254 e. The maximum absolute atomic E-state index is 11.0. The molecule has 1 amide bonds. The molecule has 18 heavy (non-hydrogen) atoms. The molecule has 0 saturated carbocycles. The van der Waals surface area contributed by atoms with Gasteiger partial charge < -0.3 is 0 Å². The van der Waals surface area contributed by atoms with Crippen LogP contribution >= 0.6 is 0 Å². The summed E-state index contributed by atoms with van der Waals surface area (Å²) in [6.07, 6.45) is 1.39. The molecule has 0 aliphatic carbocycles. The number of hydrazone groups is 1. The Balaban J connectivity index is 2.20. The van der Waals surface area contributed by atoms with E-state index in [0.29, 0.717) is 0 Å². The Hall–Kier alpha value is -2.67. The molecule has 2 rings (SSSR count). The quantitative estimate of drug-likeness (QED) is 0.657. The van der Waals surface area contributed by atoms with Crippen LogP contribution in [0.1, 0.15) is 12.0 Å². The number of nitrogens with zero attached hydrogens (tertiary/aromatic N) is 2. The summed E-state index contributed by atoms with van der Waals surface area (Å²) in [6.45, 7) is 0. The second kappa shape index (κ2) is 5.60. The zero-order valence-corrected chi connectivity index (χ0v) is 9.63. The van der Waals surface area contributed by atoms with E-state index in [9.17, 15) is 4.79 Å². The Morgan fingerprint density at radius 3 is 2.89 bits per heavy atom. The molecule has 1 N–H and O–H groups in total. The summed E-state index contributed by atoms with van der Waals surface area (Å²) in [6, 6.07) is 15.6. The highest BCUT2D eigenvalue weighted by molar-refractivity contribution is 5.99. The summed E-state index contributed by atoms with van der Waals surface area (Å²) in [4.78, 5) is 11.0. The molecule has 0 saturated heterocycles. The maximum atomic E-state index is 11.0. The fourth-order valence-corrected chi connectivity index (χ4v) is 1.65. The zero-order valence-electron chi connectivity index (χ0n) is 9.63. The SMILES string of the molecule is N#CCC(=O)N/N=C\c1cccc2ccccc12. The van der Waals surface area contributed by atoms with Gasteiger partial charge in [-0.3, -0.25) is 4.79 Å². The molecule has 4 heteroatoms. The number of rotatable bonds is 3. The van der Waals surface area contributed by atoms with Gasteiger partial charge in [0.25, 0.3) is 5.91 Å². The van der Waals surface area contributed by atoms with Gasteiger partial charge in [0, 0.05) is 5.56 Å². The van der Waals surface area contributed by atoms with Crippen LogP contribution in [0.15, 0.2) is 47.6 Å². The molecule has 0 aliphatic heterocycles. The first kappa shape index (κ1) is 11.8. The summed E-state index contributed by atoms with van der Waals surface area (Å²) in [7, 11) is 0. The third-order valence-electron chi connectivity index (χ3n) is 2.46. The molecule has 0 bridgehead atoms. The Labute approximate surface area is 105 Å². The predicted molar refractivity (Wildman–Crippen MR) is 69.9 cm³/mol. The predicted octanol–water partition coefficient (Wildman–Crippen LogP) is 2.20. The van der Waals surface area contributed by atoms with Crippen molar-refractivity contribution < 1.29 is 4.79 Å². The van der Waals surface area contributed by atoms with Crippen LogP contribution in [0.5, 0.6) is 0 Å². The number of nitrogens with one attached hydrogen (secondary N) is 1. The molecule has 4 nitrogen and oxygen atoms in total. The third-order valence-corrected chi connectivity index (χ3v) is 2.46. The van der Waals surface area contributed by atoms with E-state index in [1.54, 1.807) is 12.3 Å². The lowest BCUT2D eigenvalue weighted by Gasteiger charge is -2.01. The van der Waals surface area contributed by atoms with E-state index in [4.69, 9.17) is 5.26 Å². The van der Waals surface area contributed by atoms with Crippen molar-refractivity contribution in [1.82, 2.24) is 5.43 Å². The first-order valence-corrected chi connectivity index (χ1v) is 5.48. The van der Waals surface area contributed by atoms with Gasteiger partial charge in [0.15, 0.2) is 0 Å². The van der Waals surface area contributed by atoms with Crippen LogP contribution in [0.3, 0.4) is 0 Å². The van der Waals surface area contributed by atoms with Gasteiger partial charge in [-0.25, -0.2) is 5.43 Å². The van der Waals surface area contributed by atoms with Crippen molar-refractivity contribution in [1.29, 1.82) is 5.26 Å². The van der Waals surface area contributed by atoms with E-state index >= 15 is 0 Å². The van der Waals surface area contributed by atoms with Gasteiger partial charge in [0.1, 0.15) is 6.42 Å². The van der Waals surface area contributed by atoms with Crippen LogP contribution in [0.4, 0.5) is 0 Å². The second-order valence-electron chi connectivity index (χ2n) is 3.70. The van der Waals surface area contributed by atoms with Crippen molar-refractivity contribution in [2.24, 2.45) is 5.10 Å². The summed E-state index contributed by atoms with van der Waals surface area (Å²) in [5, 5.41) is 14.3. The van der Waals surface area contributed by atoms with Crippen LogP contribution < -0.4 is 5.43 Å². The lowest BCUT2D eigenvalue weighted by molar-refractivity contribution is -0.120. The van der Waals surface area contributed by atoms with Gasteiger partial charge in [-0.1, -0.05) is 42.5 Å². The highest BCUT2D eigenvalue weighted by atomic mass is 16.2. The molecule has 88 valence electrons. The largest absolute Gasteiger partial charge is 0.272 e. The molecule has 0 spiro atoms. The Morgan fingerprint density at radius 1 is 1.28 bits per heavy atom. The van der Waals surface area contributed by atoms with Crippen LogP contribution in [0.2, 0.25) is 0 Å². The van der Waals surface area contributed by atoms with Crippen molar-refractivity contribution >= 4 is 22.9 Å². The zero-order chi connectivity index (χ0) is 12.8. The number of benzene rings is 2. The number of hydrogen-bond acceptors (Lipinski definition) is 3. The number of carbonyl (C=O) groups is 1. The monoisotopic (exact) mass is 237 g/mol. The number of hydrogen-bond donors (Lipinski definition) is 1. The fourth-order valence-electron chi connectivity index (χ4n) is 1.65. The highest BCUT2D eigenvalue weighted by Gasteiger charge is 1.98. The average molecular weight is 237 g/mol. The lowest BCUT2D eigenvalue weighted by Crippen LogP contribution is -2.16. The Morgan fingerprint density at radius 2 is 2.06 bits per heavy atom. The van der Waals surface area contributed by atoms with Crippen molar-refractivity contribution in [2.45, 2.75) is 6.42 Å². The van der Waals surface area contributed by atoms with Gasteiger partial charge in [0.2, 0.25) is 0 Å². The molecule has 0 aliphatic rings. The van der Waals surface area contributed by atoms with Crippen LogP contribution in [-0.4, -0.2) is 12.1 Å². The summed E-state index contributed by atoms with van der Waals surface area (Å²) >= 11 is 0. The minimum Gasteiger partial charge on any atom is -0.272 e. The number of fused-ring (bicyclic) bond motifs is 1. The van der Waals surface area contributed by atoms with Crippen molar-refractivity contribution in [3.63, 3.8) is 0 Å². The Bertz CT molecular complexity index is 636. The van der Waals surface area contributed by atoms with Gasteiger partial charge >= 0.3 is 0 Å². The minimum absolute atomic E-state index is 0.188. The van der Waals surface area contributed by atoms with E-state index < -0.39 is 5.91 Å². The second-order valence-corrected chi connectivity index (χ2v) is 3.70. The topological polar surface area (TPSA) is 65.2 Å². The van der Waals surface area contributed by atoms with Crippen molar-refractivity contribution in [2.75, 3.05) is 0 Å². The summed E-state index contributed by atoms with van der Waals surface area (Å²) < 4.78 is 0. The first-order chi connectivity index (χ1) is 8.81. The van der Waals surface area contributed by atoms with Gasteiger partial charge in [-0.15, -0.1) is 0 Å². The van der Waals surface area contributed by atoms with E-state index in [1.807, 2.05) is 42.5 Å². The van der Waals surface area contributed by atoms with Crippen molar-refractivity contribution in [3.8, 4) is 6.07 Å². The van der Waals surface area contributed by atoms with Crippen LogP contribution in [-0.2, 0) is 4.79 Å². The summed E-state index contributed by atoms with van der Waals surface area (Å²) in [5.74, 6) is -0.408.